The second-order valence-electron chi connectivity index (χ2n) is 6.42. The lowest BCUT2D eigenvalue weighted by atomic mass is 10.0. The highest BCUT2D eigenvalue weighted by Crippen LogP contribution is 2.27. The minimum absolute atomic E-state index is 0.238. The zero-order valence-corrected chi connectivity index (χ0v) is 16.3. The first-order chi connectivity index (χ1) is 13.6. The molecule has 4 rings (SSSR count). The Hall–Kier alpha value is -2.73. The van der Waals surface area contributed by atoms with Gasteiger partial charge in [0.05, 0.1) is 30.9 Å². The number of hydrogen-bond acceptors (Lipinski definition) is 5. The van der Waals surface area contributed by atoms with E-state index in [0.29, 0.717) is 35.3 Å². The Kier molecular flexibility index (Phi) is 6.76. The summed E-state index contributed by atoms with van der Waals surface area (Å²) in [6, 6.07) is 11.4. The molecule has 28 heavy (non-hydrogen) atoms. The predicted octanol–water partition coefficient (Wildman–Crippen LogP) is 3.41. The number of ether oxygens (including phenoxy) is 3. The highest BCUT2D eigenvalue weighted by molar-refractivity contribution is 6.32. The van der Waals surface area contributed by atoms with Gasteiger partial charge in [0.2, 0.25) is 0 Å². The van der Waals surface area contributed by atoms with Gasteiger partial charge < -0.3 is 19.5 Å². The zero-order chi connectivity index (χ0) is 19.9. The van der Waals surface area contributed by atoms with Crippen LogP contribution in [-0.4, -0.2) is 38.2 Å². The molecule has 0 saturated carbocycles. The van der Waals surface area contributed by atoms with Gasteiger partial charge in [-0.15, -0.1) is 0 Å². The van der Waals surface area contributed by atoms with Crippen LogP contribution >= 0.6 is 11.6 Å². The van der Waals surface area contributed by atoms with Crippen molar-refractivity contribution in [1.82, 2.24) is 5.32 Å². The van der Waals surface area contributed by atoms with Gasteiger partial charge in [0.15, 0.2) is 0 Å². The van der Waals surface area contributed by atoms with E-state index in [1.165, 1.54) is 7.11 Å². The number of carbonyl (C=O) groups is 2. The van der Waals surface area contributed by atoms with Crippen LogP contribution in [0.3, 0.4) is 0 Å². The van der Waals surface area contributed by atoms with E-state index in [4.69, 9.17) is 25.8 Å². The summed E-state index contributed by atoms with van der Waals surface area (Å²) in [6.45, 7) is 0.954. The summed E-state index contributed by atoms with van der Waals surface area (Å²) in [5.41, 5.74) is 1.15. The summed E-state index contributed by atoms with van der Waals surface area (Å²) in [6.07, 6.45) is 1.79. The minimum Gasteiger partial charge on any atom is -0.493 e. The molecular formula is C21H22ClNO5. The van der Waals surface area contributed by atoms with Gasteiger partial charge in [0, 0.05) is 6.42 Å². The van der Waals surface area contributed by atoms with Gasteiger partial charge in [-0.1, -0.05) is 29.8 Å². The van der Waals surface area contributed by atoms with Gasteiger partial charge in [-0.25, -0.2) is 4.79 Å². The number of halogens is 1. The van der Waals surface area contributed by atoms with Crippen LogP contribution in [0.2, 0.25) is 5.02 Å². The van der Waals surface area contributed by atoms with Crippen molar-refractivity contribution in [3.63, 3.8) is 0 Å². The van der Waals surface area contributed by atoms with Crippen molar-refractivity contribution in [3.05, 3.63) is 58.6 Å². The fourth-order valence-electron chi connectivity index (χ4n) is 2.94. The Morgan fingerprint density at radius 2 is 1.82 bits per heavy atom. The Balaban J connectivity index is 1.92. The lowest BCUT2D eigenvalue weighted by Crippen LogP contribution is -2.43. The number of esters is 1. The van der Waals surface area contributed by atoms with E-state index in [1.807, 2.05) is 6.07 Å². The summed E-state index contributed by atoms with van der Waals surface area (Å²) in [7, 11) is 1.29. The van der Waals surface area contributed by atoms with Crippen LogP contribution in [0.25, 0.3) is 0 Å². The largest absolute Gasteiger partial charge is 0.493 e. The molecule has 0 spiro atoms. The lowest BCUT2D eigenvalue weighted by molar-refractivity contribution is -0.142. The van der Waals surface area contributed by atoms with Crippen LogP contribution < -0.4 is 14.8 Å². The zero-order valence-electron chi connectivity index (χ0n) is 15.6. The number of hydrogen-bond donors (Lipinski definition) is 1. The molecule has 2 heterocycles. The molecule has 2 aliphatic rings. The number of amides is 1. The van der Waals surface area contributed by atoms with Crippen LogP contribution in [0.1, 0.15) is 28.8 Å². The van der Waals surface area contributed by atoms with Gasteiger partial charge in [-0.2, -0.15) is 0 Å². The molecule has 0 aliphatic carbocycles. The van der Waals surface area contributed by atoms with E-state index in [2.05, 4.69) is 5.32 Å². The molecule has 0 aromatic heterocycles. The lowest BCUT2D eigenvalue weighted by Gasteiger charge is -2.19. The molecule has 6 nitrogen and oxygen atoms in total. The van der Waals surface area contributed by atoms with Gasteiger partial charge in [0.25, 0.3) is 5.91 Å². The molecular weight excluding hydrogens is 382 g/mol. The molecule has 0 saturated heterocycles. The summed E-state index contributed by atoms with van der Waals surface area (Å²) in [5.74, 6) is 0.124. The van der Waals surface area contributed by atoms with E-state index in [-0.39, 0.29) is 6.42 Å². The Bertz CT molecular complexity index is 854. The summed E-state index contributed by atoms with van der Waals surface area (Å²) < 4.78 is 16.3. The predicted molar refractivity (Wildman–Crippen MR) is 105 cm³/mol. The van der Waals surface area contributed by atoms with Gasteiger partial charge in [0.1, 0.15) is 17.5 Å². The van der Waals surface area contributed by atoms with Crippen molar-refractivity contribution in [2.24, 2.45) is 0 Å². The summed E-state index contributed by atoms with van der Waals surface area (Å²) in [5, 5.41) is 3.20. The highest BCUT2D eigenvalue weighted by atomic mass is 35.5. The fourth-order valence-corrected chi connectivity index (χ4v) is 3.20. The van der Waals surface area contributed by atoms with Crippen LogP contribution in [0.15, 0.2) is 42.5 Å². The molecule has 0 radical (unpaired) electrons. The first-order valence-corrected chi connectivity index (χ1v) is 9.48. The normalized spacial score (nSPS) is 17.6. The molecule has 0 fully saturated rings. The topological polar surface area (TPSA) is 73.9 Å². The summed E-state index contributed by atoms with van der Waals surface area (Å²) >= 11 is 6.30. The minimum atomic E-state index is -0.860. The van der Waals surface area contributed by atoms with E-state index >= 15 is 0 Å². The number of nitrogens with one attached hydrogen (secondary N) is 1. The van der Waals surface area contributed by atoms with Gasteiger partial charge in [-0.3, -0.25) is 4.79 Å². The number of benzene rings is 2. The second kappa shape index (κ2) is 9.46. The number of carbonyl (C=O) groups excluding carboxylic acids is 2. The maximum atomic E-state index is 12.8. The van der Waals surface area contributed by atoms with Crippen molar-refractivity contribution in [2.75, 3.05) is 20.3 Å². The van der Waals surface area contributed by atoms with E-state index in [9.17, 15) is 9.59 Å². The third-order valence-electron chi connectivity index (χ3n) is 4.41. The number of para-hydroxylation sites is 1. The Morgan fingerprint density at radius 3 is 2.54 bits per heavy atom. The molecule has 2 aromatic carbocycles. The van der Waals surface area contributed by atoms with Crippen LogP contribution in [0.5, 0.6) is 11.5 Å². The average Bonchev–Trinajstić information content (AvgIpc) is 2.70. The van der Waals surface area contributed by atoms with Crippen molar-refractivity contribution < 1.29 is 23.8 Å². The molecule has 1 atom stereocenters. The van der Waals surface area contributed by atoms with Crippen molar-refractivity contribution in [1.29, 1.82) is 0 Å². The third kappa shape index (κ3) is 4.95. The van der Waals surface area contributed by atoms with Gasteiger partial charge in [-0.05, 0) is 42.7 Å². The quantitative estimate of drug-likeness (QED) is 0.738. The van der Waals surface area contributed by atoms with Crippen LogP contribution in [0.4, 0.5) is 0 Å². The SMILES string of the molecule is COC(=O)C1Cc2ccc(c(Cl)c2)OCCCCOc2ccccc2C(=O)N1. The van der Waals surface area contributed by atoms with Gasteiger partial charge >= 0.3 is 5.97 Å². The molecule has 1 N–H and O–H groups in total. The molecule has 1 unspecified atom stereocenters. The molecule has 1 amide bonds. The molecule has 2 aromatic rings. The maximum absolute atomic E-state index is 12.8. The molecule has 2 aliphatic heterocycles. The number of methoxy groups -OCH3 is 1. The van der Waals surface area contributed by atoms with Crippen molar-refractivity contribution in [3.8, 4) is 11.5 Å². The van der Waals surface area contributed by atoms with Crippen LogP contribution in [0, 0.1) is 0 Å². The van der Waals surface area contributed by atoms with E-state index in [0.717, 1.165) is 18.4 Å². The first kappa shape index (κ1) is 20.0. The molecule has 148 valence electrons. The summed E-state index contributed by atoms with van der Waals surface area (Å²) in [4.78, 5) is 25.0. The number of rotatable bonds is 1. The highest BCUT2D eigenvalue weighted by Gasteiger charge is 2.24. The third-order valence-corrected chi connectivity index (χ3v) is 4.71. The van der Waals surface area contributed by atoms with Crippen molar-refractivity contribution in [2.45, 2.75) is 25.3 Å². The van der Waals surface area contributed by atoms with E-state index in [1.54, 1.807) is 36.4 Å². The van der Waals surface area contributed by atoms with Crippen LogP contribution in [-0.2, 0) is 16.0 Å². The number of fused-ring (bicyclic) bond motifs is 10. The first-order valence-electron chi connectivity index (χ1n) is 9.10. The van der Waals surface area contributed by atoms with Crippen molar-refractivity contribution >= 4 is 23.5 Å². The molecule has 2 bridgehead atoms. The fraction of sp³-hybridized carbons (Fsp3) is 0.333. The Labute approximate surface area is 168 Å². The smallest absolute Gasteiger partial charge is 0.328 e. The molecule has 7 heteroatoms. The Morgan fingerprint density at radius 1 is 1.11 bits per heavy atom. The maximum Gasteiger partial charge on any atom is 0.328 e. The average molecular weight is 404 g/mol. The second-order valence-corrected chi connectivity index (χ2v) is 6.83. The monoisotopic (exact) mass is 403 g/mol. The standard InChI is InChI=1S/C21H22ClNO5/c1-26-21(25)17-13-14-8-9-19(16(22)12-14)28-11-5-4-10-27-18-7-3-2-6-15(18)20(24)23-17/h2-3,6-9,12,17H,4-5,10-11,13H2,1H3,(H,23,24). The van der Waals surface area contributed by atoms with E-state index < -0.39 is 17.9 Å².